The van der Waals surface area contributed by atoms with Crippen molar-refractivity contribution in [2.24, 2.45) is 0 Å². The highest BCUT2D eigenvalue weighted by Crippen LogP contribution is 2.10. The number of esters is 2. The fourth-order valence-corrected chi connectivity index (χ4v) is 1.42. The standard InChI is InChI=1S/C15H27NO5/c1-14(2,3)20-12(18)9-7-8-11(17)16-10-13(19)21-15(4,5)6/h7-10H2,1-6H3,(H,16,17). The van der Waals surface area contributed by atoms with Gasteiger partial charge in [0.1, 0.15) is 17.7 Å². The van der Waals surface area contributed by atoms with Crippen LogP contribution in [-0.4, -0.2) is 35.6 Å². The van der Waals surface area contributed by atoms with Crippen molar-refractivity contribution >= 4 is 17.8 Å². The molecule has 0 spiro atoms. The molecule has 0 atom stereocenters. The zero-order valence-corrected chi connectivity index (χ0v) is 13.9. The Morgan fingerprint density at radius 2 is 1.29 bits per heavy atom. The summed E-state index contributed by atoms with van der Waals surface area (Å²) in [6.45, 7) is 10.5. The molecule has 0 radical (unpaired) electrons. The van der Waals surface area contributed by atoms with Crippen LogP contribution in [0.2, 0.25) is 0 Å². The van der Waals surface area contributed by atoms with Crippen LogP contribution in [0.15, 0.2) is 0 Å². The summed E-state index contributed by atoms with van der Waals surface area (Å²) in [6.07, 6.45) is 0.730. The van der Waals surface area contributed by atoms with Crippen LogP contribution in [0.4, 0.5) is 0 Å². The average Bonchev–Trinajstić information content (AvgIpc) is 2.21. The van der Waals surface area contributed by atoms with Crippen LogP contribution < -0.4 is 5.32 Å². The van der Waals surface area contributed by atoms with E-state index >= 15 is 0 Å². The Morgan fingerprint density at radius 1 is 0.810 bits per heavy atom. The summed E-state index contributed by atoms with van der Waals surface area (Å²) >= 11 is 0. The first-order valence-electron chi connectivity index (χ1n) is 7.09. The smallest absolute Gasteiger partial charge is 0.325 e. The van der Waals surface area contributed by atoms with Crippen LogP contribution in [0.25, 0.3) is 0 Å². The molecule has 0 heterocycles. The van der Waals surface area contributed by atoms with Gasteiger partial charge >= 0.3 is 11.9 Å². The van der Waals surface area contributed by atoms with Gasteiger partial charge in [-0.25, -0.2) is 0 Å². The first-order chi connectivity index (χ1) is 9.39. The van der Waals surface area contributed by atoms with Gasteiger partial charge in [-0.05, 0) is 48.0 Å². The number of nitrogens with one attached hydrogen (secondary N) is 1. The second kappa shape index (κ2) is 8.00. The summed E-state index contributed by atoms with van der Waals surface area (Å²) in [6, 6.07) is 0. The molecule has 0 bridgehead atoms. The summed E-state index contributed by atoms with van der Waals surface area (Å²) in [5.74, 6) is -1.10. The van der Waals surface area contributed by atoms with E-state index in [9.17, 15) is 14.4 Å². The van der Waals surface area contributed by atoms with Gasteiger partial charge in [-0.3, -0.25) is 14.4 Å². The van der Waals surface area contributed by atoms with Crippen LogP contribution in [0.5, 0.6) is 0 Å². The van der Waals surface area contributed by atoms with Crippen LogP contribution in [0.3, 0.4) is 0 Å². The van der Waals surface area contributed by atoms with Gasteiger partial charge in [0, 0.05) is 12.8 Å². The van der Waals surface area contributed by atoms with Gasteiger partial charge < -0.3 is 14.8 Å². The third-order valence-electron chi connectivity index (χ3n) is 2.05. The SMILES string of the molecule is CC(C)(C)OC(=O)CCCC(=O)NCC(=O)OC(C)(C)C. The van der Waals surface area contributed by atoms with E-state index in [0.29, 0.717) is 6.42 Å². The number of ether oxygens (including phenoxy) is 2. The molecule has 21 heavy (non-hydrogen) atoms. The first kappa shape index (κ1) is 19.4. The minimum Gasteiger partial charge on any atom is -0.460 e. The normalized spacial score (nSPS) is 11.7. The van der Waals surface area contributed by atoms with E-state index < -0.39 is 17.2 Å². The topological polar surface area (TPSA) is 81.7 Å². The van der Waals surface area contributed by atoms with Gasteiger partial charge in [0.2, 0.25) is 5.91 Å². The number of carbonyl (C=O) groups is 3. The van der Waals surface area contributed by atoms with Crippen LogP contribution in [-0.2, 0) is 23.9 Å². The van der Waals surface area contributed by atoms with Crippen molar-refractivity contribution < 1.29 is 23.9 Å². The van der Waals surface area contributed by atoms with E-state index in [1.54, 1.807) is 41.5 Å². The minimum absolute atomic E-state index is 0.164. The molecule has 0 rings (SSSR count). The van der Waals surface area contributed by atoms with Gasteiger partial charge in [0.25, 0.3) is 0 Å². The Bertz CT molecular complexity index is 377. The highest BCUT2D eigenvalue weighted by Gasteiger charge is 2.18. The average molecular weight is 301 g/mol. The van der Waals surface area contributed by atoms with Crippen LogP contribution >= 0.6 is 0 Å². The third-order valence-corrected chi connectivity index (χ3v) is 2.05. The van der Waals surface area contributed by atoms with Gasteiger partial charge in [0.15, 0.2) is 0 Å². The monoisotopic (exact) mass is 301 g/mol. The molecule has 0 aliphatic carbocycles. The summed E-state index contributed by atoms with van der Waals surface area (Å²) in [7, 11) is 0. The molecule has 1 amide bonds. The molecular formula is C15H27NO5. The lowest BCUT2D eigenvalue weighted by molar-refractivity contribution is -0.156. The molecule has 0 aromatic heterocycles. The van der Waals surface area contributed by atoms with Crippen molar-refractivity contribution in [1.29, 1.82) is 0 Å². The van der Waals surface area contributed by atoms with Crippen molar-refractivity contribution in [2.45, 2.75) is 72.0 Å². The maximum Gasteiger partial charge on any atom is 0.325 e. The van der Waals surface area contributed by atoms with Crippen molar-refractivity contribution in [3.63, 3.8) is 0 Å². The second-order valence-electron chi connectivity index (χ2n) is 6.80. The number of carbonyl (C=O) groups excluding carboxylic acids is 3. The zero-order valence-electron chi connectivity index (χ0n) is 13.9. The number of hydrogen-bond acceptors (Lipinski definition) is 5. The maximum atomic E-state index is 11.5. The van der Waals surface area contributed by atoms with E-state index in [2.05, 4.69) is 5.32 Å². The third kappa shape index (κ3) is 13.2. The van der Waals surface area contributed by atoms with E-state index in [4.69, 9.17) is 9.47 Å². The van der Waals surface area contributed by atoms with Gasteiger partial charge in [-0.15, -0.1) is 0 Å². The van der Waals surface area contributed by atoms with Gasteiger partial charge in [-0.1, -0.05) is 0 Å². The molecule has 0 saturated heterocycles. The molecule has 6 nitrogen and oxygen atoms in total. The van der Waals surface area contributed by atoms with Crippen molar-refractivity contribution in [3.8, 4) is 0 Å². The minimum atomic E-state index is -0.571. The lowest BCUT2D eigenvalue weighted by Gasteiger charge is -2.20. The zero-order chi connectivity index (χ0) is 16.7. The summed E-state index contributed by atoms with van der Waals surface area (Å²) in [4.78, 5) is 34.3. The van der Waals surface area contributed by atoms with E-state index in [0.717, 1.165) is 0 Å². The molecule has 6 heteroatoms. The molecule has 0 aliphatic heterocycles. The Balaban J connectivity index is 3.82. The maximum absolute atomic E-state index is 11.5. The van der Waals surface area contributed by atoms with Crippen LogP contribution in [0, 0.1) is 0 Å². The molecule has 0 unspecified atom stereocenters. The van der Waals surface area contributed by atoms with E-state index in [-0.39, 0.29) is 31.3 Å². The first-order valence-corrected chi connectivity index (χ1v) is 7.09. The van der Waals surface area contributed by atoms with Crippen LogP contribution in [0.1, 0.15) is 60.8 Å². The number of amides is 1. The fraction of sp³-hybridized carbons (Fsp3) is 0.800. The predicted octanol–water partition coefficient (Wildman–Crippen LogP) is 1.96. The van der Waals surface area contributed by atoms with Crippen molar-refractivity contribution in [3.05, 3.63) is 0 Å². The Morgan fingerprint density at radius 3 is 1.76 bits per heavy atom. The number of rotatable bonds is 6. The fourth-order valence-electron chi connectivity index (χ4n) is 1.42. The van der Waals surface area contributed by atoms with Crippen molar-refractivity contribution in [1.82, 2.24) is 5.32 Å². The molecule has 0 aliphatic rings. The highest BCUT2D eigenvalue weighted by atomic mass is 16.6. The Kier molecular flexibility index (Phi) is 7.39. The molecule has 0 saturated carbocycles. The van der Waals surface area contributed by atoms with Gasteiger partial charge in [-0.2, -0.15) is 0 Å². The highest BCUT2D eigenvalue weighted by molar-refractivity contribution is 5.82. The molecule has 122 valence electrons. The summed E-state index contributed by atoms with van der Waals surface area (Å²) < 4.78 is 10.2. The van der Waals surface area contributed by atoms with Crippen molar-refractivity contribution in [2.75, 3.05) is 6.54 Å². The molecular weight excluding hydrogens is 274 g/mol. The molecule has 0 aromatic rings. The molecule has 0 aromatic carbocycles. The Labute approximate surface area is 126 Å². The lowest BCUT2D eigenvalue weighted by Crippen LogP contribution is -2.34. The molecule has 1 N–H and O–H groups in total. The summed E-state index contributed by atoms with van der Waals surface area (Å²) in [5.41, 5.74) is -1.09. The number of hydrogen-bond donors (Lipinski definition) is 1. The second-order valence-corrected chi connectivity index (χ2v) is 6.80. The quantitative estimate of drug-likeness (QED) is 0.758. The van der Waals surface area contributed by atoms with E-state index in [1.807, 2.05) is 0 Å². The van der Waals surface area contributed by atoms with Gasteiger partial charge in [0.05, 0.1) is 0 Å². The predicted molar refractivity (Wildman–Crippen MR) is 78.6 cm³/mol. The summed E-state index contributed by atoms with van der Waals surface area (Å²) in [5, 5.41) is 2.46. The lowest BCUT2D eigenvalue weighted by atomic mass is 10.2. The molecule has 0 fully saturated rings. The Hall–Kier alpha value is -1.59. The largest absolute Gasteiger partial charge is 0.460 e. The van der Waals surface area contributed by atoms with E-state index in [1.165, 1.54) is 0 Å².